The molecule has 0 saturated heterocycles. The molecule has 0 saturated carbocycles. The van der Waals surface area contributed by atoms with Gasteiger partial charge in [0.2, 0.25) is 5.91 Å². The van der Waals surface area contributed by atoms with E-state index in [1.165, 1.54) is 0 Å². The summed E-state index contributed by atoms with van der Waals surface area (Å²) in [7, 11) is 0. The van der Waals surface area contributed by atoms with Gasteiger partial charge in [-0.05, 0) is 61.0 Å². The van der Waals surface area contributed by atoms with Gasteiger partial charge in [0.1, 0.15) is 0 Å². The van der Waals surface area contributed by atoms with Crippen molar-refractivity contribution in [3.63, 3.8) is 0 Å². The Morgan fingerprint density at radius 3 is 1.81 bits per heavy atom. The highest BCUT2D eigenvalue weighted by Crippen LogP contribution is 2.33. The van der Waals surface area contributed by atoms with Crippen molar-refractivity contribution in [3.8, 4) is 0 Å². The van der Waals surface area contributed by atoms with E-state index in [0.717, 1.165) is 19.3 Å². The fourth-order valence-electron chi connectivity index (χ4n) is 3.49. The van der Waals surface area contributed by atoms with Gasteiger partial charge in [-0.2, -0.15) is 0 Å². The van der Waals surface area contributed by atoms with E-state index >= 15 is 0 Å². The minimum Gasteiger partial charge on any atom is -0.337 e. The summed E-state index contributed by atoms with van der Waals surface area (Å²) in [5.41, 5.74) is 3.26. The molecule has 0 fully saturated rings. The normalized spacial score (nSPS) is 10.9. The first-order valence-electron chi connectivity index (χ1n) is 11.4. The number of unbranched alkanes of at least 4 members (excludes halogenated alkanes) is 2. The van der Waals surface area contributed by atoms with Crippen LogP contribution in [0.4, 0.5) is 28.7 Å². The number of nitrogens with one attached hydrogen (secondary N) is 3. The smallest absolute Gasteiger partial charge is 0.224 e. The lowest BCUT2D eigenvalue weighted by Crippen LogP contribution is -2.11. The van der Waals surface area contributed by atoms with Crippen LogP contribution in [0, 0.1) is 0 Å². The standard InChI is InChI=1S/C26H23Cl4N5O/c1-2-3-4-5-24(36)31-17-8-11-22-23(14-17)35-26(33-16-7-10-19(28)21(30)13-16)25(34-22)32-15-6-9-18(27)20(29)12-15/h6-14H,2-5H2,1H3,(H,31,36)(H,32,34)(H,33,35). The maximum atomic E-state index is 12.3. The van der Waals surface area contributed by atoms with Crippen molar-refractivity contribution in [1.29, 1.82) is 0 Å². The predicted octanol–water partition coefficient (Wildman–Crippen LogP) is 9.25. The van der Waals surface area contributed by atoms with Crippen LogP contribution < -0.4 is 16.0 Å². The molecular weight excluding hydrogens is 540 g/mol. The first-order chi connectivity index (χ1) is 17.3. The number of fused-ring (bicyclic) bond motifs is 1. The third kappa shape index (κ3) is 6.71. The van der Waals surface area contributed by atoms with Crippen molar-refractivity contribution in [1.82, 2.24) is 9.97 Å². The quantitative estimate of drug-likeness (QED) is 0.177. The average Bonchev–Trinajstić information content (AvgIpc) is 2.84. The van der Waals surface area contributed by atoms with E-state index in [2.05, 4.69) is 22.9 Å². The molecule has 0 aliphatic heterocycles. The lowest BCUT2D eigenvalue weighted by molar-refractivity contribution is -0.116. The molecule has 0 radical (unpaired) electrons. The van der Waals surface area contributed by atoms with E-state index in [9.17, 15) is 4.79 Å². The van der Waals surface area contributed by atoms with Crippen molar-refractivity contribution in [3.05, 3.63) is 74.7 Å². The highest BCUT2D eigenvalue weighted by molar-refractivity contribution is 6.42. The van der Waals surface area contributed by atoms with Crippen LogP contribution in [-0.4, -0.2) is 15.9 Å². The van der Waals surface area contributed by atoms with Gasteiger partial charge in [-0.15, -0.1) is 0 Å². The number of amides is 1. The predicted molar refractivity (Wildman–Crippen MR) is 152 cm³/mol. The van der Waals surface area contributed by atoms with Crippen LogP contribution >= 0.6 is 46.4 Å². The average molecular weight is 563 g/mol. The first-order valence-corrected chi connectivity index (χ1v) is 12.9. The molecule has 1 aromatic heterocycles. The Morgan fingerprint density at radius 2 is 1.25 bits per heavy atom. The van der Waals surface area contributed by atoms with Crippen LogP contribution in [0.15, 0.2) is 54.6 Å². The second-order valence-corrected chi connectivity index (χ2v) is 9.77. The molecule has 3 N–H and O–H groups in total. The second-order valence-electron chi connectivity index (χ2n) is 8.14. The number of rotatable bonds is 9. The molecule has 0 spiro atoms. The molecule has 3 aromatic carbocycles. The Labute approximate surface area is 229 Å². The molecule has 4 aromatic rings. The van der Waals surface area contributed by atoms with E-state index in [4.69, 9.17) is 56.4 Å². The molecule has 10 heteroatoms. The number of aromatic nitrogens is 2. The molecule has 0 bridgehead atoms. The molecule has 0 aliphatic rings. The summed E-state index contributed by atoms with van der Waals surface area (Å²) in [6, 6.07) is 15.8. The fourth-order valence-corrected chi connectivity index (χ4v) is 4.08. The fraction of sp³-hybridized carbons (Fsp3) is 0.192. The van der Waals surface area contributed by atoms with Gasteiger partial charge in [-0.25, -0.2) is 9.97 Å². The van der Waals surface area contributed by atoms with Crippen molar-refractivity contribution in [2.45, 2.75) is 32.6 Å². The molecule has 36 heavy (non-hydrogen) atoms. The molecule has 6 nitrogen and oxygen atoms in total. The van der Waals surface area contributed by atoms with Crippen LogP contribution in [0.2, 0.25) is 20.1 Å². The molecule has 1 amide bonds. The van der Waals surface area contributed by atoms with Crippen LogP contribution in [0.1, 0.15) is 32.6 Å². The minimum atomic E-state index is -0.0252. The number of anilines is 5. The Morgan fingerprint density at radius 1 is 0.694 bits per heavy atom. The summed E-state index contributed by atoms with van der Waals surface area (Å²) in [6.07, 6.45) is 3.42. The molecule has 4 rings (SSSR count). The molecule has 0 unspecified atom stereocenters. The van der Waals surface area contributed by atoms with Gasteiger partial charge in [-0.1, -0.05) is 66.2 Å². The van der Waals surface area contributed by atoms with Crippen molar-refractivity contribution in [2.75, 3.05) is 16.0 Å². The van der Waals surface area contributed by atoms with Gasteiger partial charge in [0, 0.05) is 23.5 Å². The lowest BCUT2D eigenvalue weighted by atomic mass is 10.2. The number of benzene rings is 3. The zero-order valence-electron chi connectivity index (χ0n) is 19.3. The molecule has 1 heterocycles. The Balaban J connectivity index is 1.68. The van der Waals surface area contributed by atoms with Crippen molar-refractivity contribution in [2.24, 2.45) is 0 Å². The molecule has 186 valence electrons. The number of nitrogens with zero attached hydrogens (tertiary/aromatic N) is 2. The van der Waals surface area contributed by atoms with Gasteiger partial charge in [0.05, 0.1) is 31.1 Å². The number of hydrogen-bond acceptors (Lipinski definition) is 5. The highest BCUT2D eigenvalue weighted by atomic mass is 35.5. The first kappa shape index (κ1) is 26.3. The lowest BCUT2D eigenvalue weighted by Gasteiger charge is -2.15. The minimum absolute atomic E-state index is 0.0252. The third-order valence-corrected chi connectivity index (χ3v) is 6.80. The summed E-state index contributed by atoms with van der Waals surface area (Å²) in [5, 5.41) is 11.1. The molecule has 0 aliphatic carbocycles. The van der Waals surface area contributed by atoms with E-state index < -0.39 is 0 Å². The molecule has 0 atom stereocenters. The summed E-state index contributed by atoms with van der Waals surface area (Å²) in [6.45, 7) is 2.11. The zero-order valence-corrected chi connectivity index (χ0v) is 22.4. The van der Waals surface area contributed by atoms with Gasteiger partial charge in [0.15, 0.2) is 11.6 Å². The highest BCUT2D eigenvalue weighted by Gasteiger charge is 2.13. The van der Waals surface area contributed by atoms with Crippen LogP contribution in [0.25, 0.3) is 11.0 Å². The monoisotopic (exact) mass is 561 g/mol. The van der Waals surface area contributed by atoms with Gasteiger partial charge in [0.25, 0.3) is 0 Å². The van der Waals surface area contributed by atoms with E-state index in [1.807, 2.05) is 12.1 Å². The van der Waals surface area contributed by atoms with Crippen molar-refractivity contribution < 1.29 is 4.79 Å². The summed E-state index contributed by atoms with van der Waals surface area (Å²) >= 11 is 24.5. The van der Waals surface area contributed by atoms with Gasteiger partial charge in [-0.3, -0.25) is 4.79 Å². The van der Waals surface area contributed by atoms with Crippen LogP contribution in [0.3, 0.4) is 0 Å². The molecular formula is C26H23Cl4N5O. The topological polar surface area (TPSA) is 78.9 Å². The maximum Gasteiger partial charge on any atom is 0.224 e. The largest absolute Gasteiger partial charge is 0.337 e. The third-order valence-electron chi connectivity index (χ3n) is 5.32. The Bertz CT molecular complexity index is 1410. The second kappa shape index (κ2) is 12.0. The van der Waals surface area contributed by atoms with Crippen molar-refractivity contribution >= 4 is 92.0 Å². The summed E-state index contributed by atoms with van der Waals surface area (Å²) < 4.78 is 0. The maximum absolute atomic E-state index is 12.3. The van der Waals surface area contributed by atoms with E-state index in [-0.39, 0.29) is 5.91 Å². The van der Waals surface area contributed by atoms with E-state index in [1.54, 1.807) is 42.5 Å². The zero-order chi connectivity index (χ0) is 25.7. The summed E-state index contributed by atoms with van der Waals surface area (Å²) in [4.78, 5) is 21.8. The SMILES string of the molecule is CCCCCC(=O)Nc1ccc2nc(Nc3ccc(Cl)c(Cl)c3)c(Nc3ccc(Cl)c(Cl)c3)nc2c1. The Kier molecular flexibility index (Phi) is 8.75. The van der Waals surface area contributed by atoms with Gasteiger partial charge < -0.3 is 16.0 Å². The van der Waals surface area contributed by atoms with Crippen LogP contribution in [-0.2, 0) is 4.79 Å². The number of carbonyl (C=O) groups excluding carboxylic acids is 1. The number of carbonyl (C=O) groups is 1. The Hall–Kier alpha value is -2.77. The number of hydrogen-bond donors (Lipinski definition) is 3. The summed E-state index contributed by atoms with van der Waals surface area (Å²) in [5.74, 6) is 0.879. The number of halogens is 4. The van der Waals surface area contributed by atoms with E-state index in [0.29, 0.717) is 66.2 Å². The van der Waals surface area contributed by atoms with Crippen LogP contribution in [0.5, 0.6) is 0 Å². The van der Waals surface area contributed by atoms with Gasteiger partial charge >= 0.3 is 0 Å².